The Balaban J connectivity index is 1.82. The van der Waals surface area contributed by atoms with Gasteiger partial charge < -0.3 is 10.6 Å². The van der Waals surface area contributed by atoms with Gasteiger partial charge in [-0.2, -0.15) is 0 Å². The van der Waals surface area contributed by atoms with Gasteiger partial charge in [0.15, 0.2) is 0 Å². The fourth-order valence-corrected chi connectivity index (χ4v) is 3.16. The van der Waals surface area contributed by atoms with Crippen LogP contribution in [0.15, 0.2) is 40.9 Å². The number of fused-ring (bicyclic) bond motifs is 1. The van der Waals surface area contributed by atoms with Crippen LogP contribution in [0.3, 0.4) is 0 Å². The summed E-state index contributed by atoms with van der Waals surface area (Å²) < 4.78 is 0.932. The van der Waals surface area contributed by atoms with Crippen molar-refractivity contribution in [1.82, 2.24) is 5.32 Å². The number of carbonyl (C=O) groups excluding carboxylic acids is 1. The number of anilines is 1. The van der Waals surface area contributed by atoms with E-state index in [9.17, 15) is 4.79 Å². The zero-order valence-electron chi connectivity index (χ0n) is 12.7. The fraction of sp³-hybridized carbons (Fsp3) is 0.278. The van der Waals surface area contributed by atoms with Crippen LogP contribution < -0.4 is 10.6 Å². The normalized spacial score (nSPS) is 13.3. The average molecular weight is 359 g/mol. The Morgan fingerprint density at radius 2 is 1.91 bits per heavy atom. The lowest BCUT2D eigenvalue weighted by atomic mass is 10.0. The van der Waals surface area contributed by atoms with Gasteiger partial charge in [0.05, 0.1) is 0 Å². The van der Waals surface area contributed by atoms with Crippen molar-refractivity contribution in [2.75, 3.05) is 5.32 Å². The second kappa shape index (κ2) is 6.23. The first kappa shape index (κ1) is 15.3. The number of amides is 1. The monoisotopic (exact) mass is 358 g/mol. The van der Waals surface area contributed by atoms with E-state index in [-0.39, 0.29) is 5.91 Å². The molecule has 0 unspecified atom stereocenters. The molecule has 1 aliphatic heterocycles. The summed E-state index contributed by atoms with van der Waals surface area (Å²) in [5.41, 5.74) is 5.24. The molecule has 0 aliphatic carbocycles. The highest BCUT2D eigenvalue weighted by atomic mass is 79.9. The number of carbonyl (C=O) groups is 1. The van der Waals surface area contributed by atoms with Gasteiger partial charge >= 0.3 is 0 Å². The van der Waals surface area contributed by atoms with Crippen molar-refractivity contribution in [1.29, 1.82) is 0 Å². The van der Waals surface area contributed by atoms with Crippen molar-refractivity contribution in [3.8, 4) is 0 Å². The molecule has 0 saturated carbocycles. The first-order valence-corrected chi connectivity index (χ1v) is 8.26. The van der Waals surface area contributed by atoms with E-state index in [0.717, 1.165) is 28.8 Å². The highest BCUT2D eigenvalue weighted by Crippen LogP contribution is 2.24. The summed E-state index contributed by atoms with van der Waals surface area (Å²) in [5, 5.41) is 6.30. The molecule has 3 nitrogen and oxygen atoms in total. The molecule has 4 heteroatoms. The first-order chi connectivity index (χ1) is 10.5. The Morgan fingerprint density at radius 3 is 2.68 bits per heavy atom. The van der Waals surface area contributed by atoms with Crippen molar-refractivity contribution in [2.24, 2.45) is 0 Å². The van der Waals surface area contributed by atoms with Gasteiger partial charge in [0.25, 0.3) is 5.91 Å². The second-order valence-electron chi connectivity index (χ2n) is 5.97. The minimum Gasteiger partial charge on any atom is -0.322 e. The summed E-state index contributed by atoms with van der Waals surface area (Å²) in [4.78, 5) is 12.5. The van der Waals surface area contributed by atoms with Gasteiger partial charge in [0, 0.05) is 28.8 Å². The Morgan fingerprint density at radius 1 is 1.14 bits per heavy atom. The lowest BCUT2D eigenvalue weighted by Crippen LogP contribution is -2.12. The largest absolute Gasteiger partial charge is 0.322 e. The SMILES string of the molecule is CC(C)c1cc(Br)cc(C(=O)Nc2ccc3c(c2)CNC3)c1. The van der Waals surface area contributed by atoms with Gasteiger partial charge in [0.2, 0.25) is 0 Å². The molecule has 0 fully saturated rings. The molecule has 0 radical (unpaired) electrons. The number of benzene rings is 2. The van der Waals surface area contributed by atoms with Gasteiger partial charge in [-0.05, 0) is 52.9 Å². The Kier molecular flexibility index (Phi) is 4.32. The van der Waals surface area contributed by atoms with E-state index in [0.29, 0.717) is 11.5 Å². The van der Waals surface area contributed by atoms with Gasteiger partial charge in [-0.15, -0.1) is 0 Å². The van der Waals surface area contributed by atoms with E-state index in [1.165, 1.54) is 11.1 Å². The maximum Gasteiger partial charge on any atom is 0.255 e. The van der Waals surface area contributed by atoms with E-state index in [1.54, 1.807) is 0 Å². The number of nitrogens with one attached hydrogen (secondary N) is 2. The van der Waals surface area contributed by atoms with E-state index < -0.39 is 0 Å². The van der Waals surface area contributed by atoms with Crippen LogP contribution in [0.4, 0.5) is 5.69 Å². The Labute approximate surface area is 139 Å². The van der Waals surface area contributed by atoms with E-state index in [2.05, 4.69) is 58.6 Å². The topological polar surface area (TPSA) is 41.1 Å². The van der Waals surface area contributed by atoms with Crippen LogP contribution in [-0.2, 0) is 13.1 Å². The maximum atomic E-state index is 12.5. The molecule has 2 aromatic carbocycles. The summed E-state index contributed by atoms with van der Waals surface area (Å²) in [5.74, 6) is 0.309. The lowest BCUT2D eigenvalue weighted by Gasteiger charge is -2.11. The molecule has 1 amide bonds. The summed E-state index contributed by atoms with van der Waals surface area (Å²) >= 11 is 3.49. The van der Waals surface area contributed by atoms with Gasteiger partial charge in [-0.1, -0.05) is 35.8 Å². The van der Waals surface area contributed by atoms with Crippen LogP contribution in [-0.4, -0.2) is 5.91 Å². The quantitative estimate of drug-likeness (QED) is 0.851. The average Bonchev–Trinajstić information content (AvgIpc) is 2.94. The van der Waals surface area contributed by atoms with Gasteiger partial charge in [-0.3, -0.25) is 4.79 Å². The number of hydrogen-bond donors (Lipinski definition) is 2. The molecule has 22 heavy (non-hydrogen) atoms. The van der Waals surface area contributed by atoms with E-state index in [1.807, 2.05) is 18.2 Å². The lowest BCUT2D eigenvalue weighted by molar-refractivity contribution is 0.102. The van der Waals surface area contributed by atoms with Crippen LogP contribution in [0.1, 0.15) is 46.8 Å². The molecular weight excluding hydrogens is 340 g/mol. The molecule has 2 aromatic rings. The molecule has 1 heterocycles. The molecule has 0 saturated heterocycles. The predicted octanol–water partition coefficient (Wildman–Crippen LogP) is 4.43. The third kappa shape index (κ3) is 3.23. The van der Waals surface area contributed by atoms with Crippen LogP contribution in [0, 0.1) is 0 Å². The van der Waals surface area contributed by atoms with Crippen LogP contribution in [0.25, 0.3) is 0 Å². The summed E-state index contributed by atoms with van der Waals surface area (Å²) in [6, 6.07) is 12.0. The molecule has 0 aromatic heterocycles. The number of hydrogen-bond acceptors (Lipinski definition) is 2. The first-order valence-electron chi connectivity index (χ1n) is 7.47. The van der Waals surface area contributed by atoms with Crippen molar-refractivity contribution in [2.45, 2.75) is 32.9 Å². The molecule has 0 spiro atoms. The Hall–Kier alpha value is -1.65. The molecule has 0 atom stereocenters. The van der Waals surface area contributed by atoms with Crippen molar-refractivity contribution < 1.29 is 4.79 Å². The molecule has 114 valence electrons. The van der Waals surface area contributed by atoms with Crippen LogP contribution in [0.5, 0.6) is 0 Å². The molecule has 3 rings (SSSR count). The minimum atomic E-state index is -0.0749. The zero-order chi connectivity index (χ0) is 15.7. The molecular formula is C18H19BrN2O. The summed E-state index contributed by atoms with van der Waals surface area (Å²) in [6.45, 7) is 6.02. The van der Waals surface area contributed by atoms with Gasteiger partial charge in [-0.25, -0.2) is 0 Å². The highest BCUT2D eigenvalue weighted by molar-refractivity contribution is 9.10. The van der Waals surface area contributed by atoms with Crippen molar-refractivity contribution >= 4 is 27.5 Å². The summed E-state index contributed by atoms with van der Waals surface area (Å²) in [6.07, 6.45) is 0. The van der Waals surface area contributed by atoms with E-state index in [4.69, 9.17) is 0 Å². The second-order valence-corrected chi connectivity index (χ2v) is 6.88. The van der Waals surface area contributed by atoms with Crippen molar-refractivity contribution in [3.05, 3.63) is 63.1 Å². The third-order valence-electron chi connectivity index (χ3n) is 3.94. The summed E-state index contributed by atoms with van der Waals surface area (Å²) in [7, 11) is 0. The third-order valence-corrected chi connectivity index (χ3v) is 4.40. The smallest absolute Gasteiger partial charge is 0.255 e. The number of rotatable bonds is 3. The van der Waals surface area contributed by atoms with Crippen molar-refractivity contribution in [3.63, 3.8) is 0 Å². The zero-order valence-corrected chi connectivity index (χ0v) is 14.3. The minimum absolute atomic E-state index is 0.0749. The highest BCUT2D eigenvalue weighted by Gasteiger charge is 2.13. The fourth-order valence-electron chi connectivity index (χ4n) is 2.65. The Bertz CT molecular complexity index is 725. The standard InChI is InChI=1S/C18H19BrN2O/c1-11(2)13-5-14(7-16(19)6-13)18(22)21-17-4-3-12-9-20-10-15(12)8-17/h3-8,11,20H,9-10H2,1-2H3,(H,21,22). The predicted molar refractivity (Wildman–Crippen MR) is 93.2 cm³/mol. The van der Waals surface area contributed by atoms with E-state index >= 15 is 0 Å². The molecule has 1 aliphatic rings. The van der Waals surface area contributed by atoms with Gasteiger partial charge in [0.1, 0.15) is 0 Å². The molecule has 0 bridgehead atoms. The maximum absolute atomic E-state index is 12.5. The van der Waals surface area contributed by atoms with Crippen LogP contribution >= 0.6 is 15.9 Å². The van der Waals surface area contributed by atoms with Crippen LogP contribution in [0.2, 0.25) is 0 Å². The molecule has 2 N–H and O–H groups in total. The number of halogens is 1.